The second-order valence-electron chi connectivity index (χ2n) is 9.36. The molecule has 2 saturated heterocycles. The molecule has 2 atom stereocenters. The van der Waals surface area contributed by atoms with Crippen LogP contribution in [0.2, 0.25) is 0 Å². The van der Waals surface area contributed by atoms with Gasteiger partial charge in [-0.2, -0.15) is 5.10 Å². The summed E-state index contributed by atoms with van der Waals surface area (Å²) in [5, 5.41) is 7.37. The van der Waals surface area contributed by atoms with Gasteiger partial charge in [0.1, 0.15) is 17.9 Å². The van der Waals surface area contributed by atoms with E-state index in [4.69, 9.17) is 0 Å². The summed E-state index contributed by atoms with van der Waals surface area (Å²) < 4.78 is 15.2. The Balaban J connectivity index is 1.20. The molecule has 0 radical (unpaired) electrons. The van der Waals surface area contributed by atoms with Crippen LogP contribution in [0.3, 0.4) is 0 Å². The maximum absolute atomic E-state index is 13.5. The summed E-state index contributed by atoms with van der Waals surface area (Å²) in [7, 11) is 0. The standard InChI is InChI=1S/C24H30FN5O2/c25-19-7-4-8-20(12-19)30-15-18(13-26-30)14-28-9-10-29-22(16-28)23(31)27-21(24(29)32)11-17-5-2-1-3-6-17/h4,7-8,12-13,15,17,21-22H,1-3,5-6,9-11,14,16H2,(H,27,31)/t21-,22+/m0/s1. The van der Waals surface area contributed by atoms with Gasteiger partial charge in [0.15, 0.2) is 0 Å². The average molecular weight is 440 g/mol. The lowest BCUT2D eigenvalue weighted by atomic mass is 9.84. The van der Waals surface area contributed by atoms with Gasteiger partial charge >= 0.3 is 0 Å². The summed E-state index contributed by atoms with van der Waals surface area (Å²) in [5.74, 6) is 0.292. The maximum Gasteiger partial charge on any atom is 0.245 e. The molecule has 2 amide bonds. The number of halogens is 1. The Bertz CT molecular complexity index is 986. The van der Waals surface area contributed by atoms with Crippen molar-refractivity contribution in [2.75, 3.05) is 19.6 Å². The zero-order valence-electron chi connectivity index (χ0n) is 18.3. The first kappa shape index (κ1) is 21.1. The van der Waals surface area contributed by atoms with Gasteiger partial charge in [0.25, 0.3) is 0 Å². The zero-order chi connectivity index (χ0) is 22.1. The van der Waals surface area contributed by atoms with E-state index in [9.17, 15) is 14.0 Å². The van der Waals surface area contributed by atoms with E-state index in [1.165, 1.54) is 44.2 Å². The largest absolute Gasteiger partial charge is 0.342 e. The molecule has 1 N–H and O–H groups in total. The normalized spacial score (nSPS) is 25.0. The van der Waals surface area contributed by atoms with Crippen LogP contribution in [0, 0.1) is 11.7 Å². The van der Waals surface area contributed by atoms with E-state index in [0.717, 1.165) is 18.5 Å². The highest BCUT2D eigenvalue weighted by Gasteiger charge is 2.43. The predicted octanol–water partition coefficient (Wildman–Crippen LogP) is 2.49. The Labute approximate surface area is 187 Å². The fourth-order valence-corrected chi connectivity index (χ4v) is 5.38. The molecule has 0 bridgehead atoms. The predicted molar refractivity (Wildman–Crippen MR) is 117 cm³/mol. The highest BCUT2D eigenvalue weighted by atomic mass is 19.1. The van der Waals surface area contributed by atoms with Crippen molar-refractivity contribution in [1.29, 1.82) is 0 Å². The summed E-state index contributed by atoms with van der Waals surface area (Å²) >= 11 is 0. The highest BCUT2D eigenvalue weighted by Crippen LogP contribution is 2.29. The Hall–Kier alpha value is -2.74. The molecule has 7 nitrogen and oxygen atoms in total. The lowest BCUT2D eigenvalue weighted by Crippen LogP contribution is -2.69. The van der Waals surface area contributed by atoms with Gasteiger partial charge in [0, 0.05) is 37.9 Å². The number of nitrogens with zero attached hydrogens (tertiary/aromatic N) is 4. The molecule has 32 heavy (non-hydrogen) atoms. The van der Waals surface area contributed by atoms with Crippen LogP contribution in [0.1, 0.15) is 44.1 Å². The van der Waals surface area contributed by atoms with Crippen molar-refractivity contribution in [2.45, 2.75) is 57.2 Å². The summed E-state index contributed by atoms with van der Waals surface area (Å²) in [4.78, 5) is 29.9. The number of hydrogen-bond donors (Lipinski definition) is 1. The molecular weight excluding hydrogens is 409 g/mol. The van der Waals surface area contributed by atoms with Crippen LogP contribution in [0.4, 0.5) is 4.39 Å². The molecule has 0 unspecified atom stereocenters. The van der Waals surface area contributed by atoms with E-state index >= 15 is 0 Å². The molecule has 1 aromatic heterocycles. The first-order chi connectivity index (χ1) is 15.6. The Kier molecular flexibility index (Phi) is 5.95. The molecule has 8 heteroatoms. The minimum atomic E-state index is -0.433. The number of hydrogen-bond acceptors (Lipinski definition) is 4. The Morgan fingerprint density at radius 1 is 1.12 bits per heavy atom. The average Bonchev–Trinajstić information content (AvgIpc) is 3.26. The van der Waals surface area contributed by atoms with Crippen molar-refractivity contribution in [2.24, 2.45) is 5.92 Å². The Morgan fingerprint density at radius 3 is 2.78 bits per heavy atom. The molecule has 5 rings (SSSR count). The van der Waals surface area contributed by atoms with E-state index in [0.29, 0.717) is 31.2 Å². The number of piperazine rings is 2. The molecule has 1 saturated carbocycles. The first-order valence-corrected chi connectivity index (χ1v) is 11.7. The summed E-state index contributed by atoms with van der Waals surface area (Å²) in [5.41, 5.74) is 1.66. The van der Waals surface area contributed by atoms with Crippen molar-refractivity contribution in [1.82, 2.24) is 24.9 Å². The number of aromatic nitrogens is 2. The third kappa shape index (κ3) is 4.41. The molecule has 170 valence electrons. The zero-order valence-corrected chi connectivity index (χ0v) is 18.3. The van der Waals surface area contributed by atoms with E-state index < -0.39 is 6.04 Å². The highest BCUT2D eigenvalue weighted by molar-refractivity contribution is 5.97. The molecule has 0 spiro atoms. The maximum atomic E-state index is 13.5. The molecule has 1 aromatic carbocycles. The smallest absolute Gasteiger partial charge is 0.245 e. The van der Waals surface area contributed by atoms with Gasteiger partial charge in [-0.1, -0.05) is 38.2 Å². The molecule has 3 aliphatic rings. The van der Waals surface area contributed by atoms with Crippen molar-refractivity contribution in [3.63, 3.8) is 0 Å². The van der Waals surface area contributed by atoms with Crippen LogP contribution >= 0.6 is 0 Å². The number of fused-ring (bicyclic) bond motifs is 1. The van der Waals surface area contributed by atoms with Crippen LogP contribution in [-0.2, 0) is 16.1 Å². The molecule has 3 heterocycles. The van der Waals surface area contributed by atoms with Gasteiger partial charge < -0.3 is 10.2 Å². The van der Waals surface area contributed by atoms with E-state index in [1.54, 1.807) is 27.9 Å². The third-order valence-electron chi connectivity index (χ3n) is 7.07. The summed E-state index contributed by atoms with van der Waals surface area (Å²) in [6.45, 7) is 2.43. The molecule has 2 aliphatic heterocycles. The van der Waals surface area contributed by atoms with E-state index in [2.05, 4.69) is 15.3 Å². The number of benzene rings is 1. The van der Waals surface area contributed by atoms with Gasteiger partial charge in [-0.05, 0) is 30.5 Å². The van der Waals surface area contributed by atoms with Gasteiger partial charge in [0.2, 0.25) is 11.8 Å². The van der Waals surface area contributed by atoms with E-state index in [-0.39, 0.29) is 23.7 Å². The molecular formula is C24H30FN5O2. The fourth-order valence-electron chi connectivity index (χ4n) is 5.38. The van der Waals surface area contributed by atoms with Crippen molar-refractivity contribution < 1.29 is 14.0 Å². The quantitative estimate of drug-likeness (QED) is 0.777. The number of amides is 2. The summed E-state index contributed by atoms with van der Waals surface area (Å²) in [6, 6.07) is 5.52. The Morgan fingerprint density at radius 2 is 1.97 bits per heavy atom. The van der Waals surface area contributed by atoms with Crippen LogP contribution in [0.25, 0.3) is 5.69 Å². The third-order valence-corrected chi connectivity index (χ3v) is 7.07. The van der Waals surface area contributed by atoms with Gasteiger partial charge in [-0.3, -0.25) is 14.5 Å². The first-order valence-electron chi connectivity index (χ1n) is 11.7. The molecule has 3 fully saturated rings. The SMILES string of the molecule is O=C1N[C@@H](CC2CCCCC2)C(=O)N2CCN(Cc3cnn(-c4cccc(F)c4)c3)C[C@H]12. The van der Waals surface area contributed by atoms with Crippen LogP contribution in [0.15, 0.2) is 36.7 Å². The van der Waals surface area contributed by atoms with Crippen molar-refractivity contribution >= 4 is 11.8 Å². The topological polar surface area (TPSA) is 70.5 Å². The minimum absolute atomic E-state index is 0.0365. The number of carbonyl (C=O) groups is 2. The van der Waals surface area contributed by atoms with Crippen LogP contribution < -0.4 is 5.32 Å². The monoisotopic (exact) mass is 439 g/mol. The second kappa shape index (κ2) is 9.02. The molecule has 2 aromatic rings. The van der Waals surface area contributed by atoms with E-state index in [1.807, 2.05) is 6.20 Å². The molecule has 1 aliphatic carbocycles. The van der Waals surface area contributed by atoms with Gasteiger partial charge in [-0.15, -0.1) is 0 Å². The second-order valence-corrected chi connectivity index (χ2v) is 9.36. The number of nitrogens with one attached hydrogen (secondary N) is 1. The lowest BCUT2D eigenvalue weighted by molar-refractivity contribution is -0.153. The van der Waals surface area contributed by atoms with Crippen molar-refractivity contribution in [3.8, 4) is 5.69 Å². The van der Waals surface area contributed by atoms with Crippen LogP contribution in [0.5, 0.6) is 0 Å². The number of rotatable bonds is 5. The van der Waals surface area contributed by atoms with Gasteiger partial charge in [-0.25, -0.2) is 9.07 Å². The minimum Gasteiger partial charge on any atom is -0.342 e. The fraction of sp³-hybridized carbons (Fsp3) is 0.542. The number of carbonyl (C=O) groups excluding carboxylic acids is 2. The lowest BCUT2D eigenvalue weighted by Gasteiger charge is -2.45. The van der Waals surface area contributed by atoms with Crippen LogP contribution in [-0.4, -0.2) is 63.1 Å². The summed E-state index contributed by atoms with van der Waals surface area (Å²) in [6.07, 6.45) is 10.5. The van der Waals surface area contributed by atoms with Crippen molar-refractivity contribution in [3.05, 3.63) is 48.0 Å². The van der Waals surface area contributed by atoms with Gasteiger partial charge in [0.05, 0.1) is 11.9 Å².